The van der Waals surface area contributed by atoms with Gasteiger partial charge in [0.05, 0.1) is 0 Å². The fraction of sp³-hybridized carbons (Fsp3) is 0.160. The largest absolute Gasteiger partial charge is 0.489 e. The maximum absolute atomic E-state index is 12.7. The topological polar surface area (TPSA) is 111 Å². The monoisotopic (exact) mass is 431 g/mol. The Kier molecular flexibility index (Phi) is 7.59. The van der Waals surface area contributed by atoms with E-state index in [0.717, 1.165) is 11.1 Å². The lowest BCUT2D eigenvalue weighted by Gasteiger charge is -2.17. The van der Waals surface area contributed by atoms with Gasteiger partial charge in [0.15, 0.2) is 0 Å². The zero-order chi connectivity index (χ0) is 22.9. The summed E-state index contributed by atoms with van der Waals surface area (Å²) in [4.78, 5) is 35.9. The average Bonchev–Trinajstić information content (AvgIpc) is 2.78. The highest BCUT2D eigenvalue weighted by molar-refractivity contribution is 5.99. The number of ether oxygens (including phenoxy) is 1. The maximum atomic E-state index is 12.7. The normalized spacial score (nSPS) is 11.3. The molecule has 3 aromatic carbocycles. The highest BCUT2D eigenvalue weighted by atomic mass is 16.5. The molecule has 0 bridgehead atoms. The van der Waals surface area contributed by atoms with Crippen molar-refractivity contribution in [2.24, 2.45) is 5.73 Å². The molecule has 4 N–H and O–H groups in total. The summed E-state index contributed by atoms with van der Waals surface area (Å²) in [5, 5.41) is 5.29. The van der Waals surface area contributed by atoms with Gasteiger partial charge in [-0.2, -0.15) is 0 Å². The van der Waals surface area contributed by atoms with Crippen molar-refractivity contribution in [1.29, 1.82) is 0 Å². The Morgan fingerprint density at radius 2 is 1.62 bits per heavy atom. The van der Waals surface area contributed by atoms with E-state index >= 15 is 0 Å². The first-order chi connectivity index (χ1) is 15.4. The van der Waals surface area contributed by atoms with Crippen LogP contribution in [0, 0.1) is 0 Å². The molecule has 1 atom stereocenters. The molecular formula is C25H25N3O4. The zero-order valence-electron chi connectivity index (χ0n) is 17.7. The van der Waals surface area contributed by atoms with E-state index in [-0.39, 0.29) is 12.3 Å². The van der Waals surface area contributed by atoms with Crippen molar-refractivity contribution in [2.75, 3.05) is 5.32 Å². The third-order valence-electron chi connectivity index (χ3n) is 4.68. The number of benzene rings is 3. The smallest absolute Gasteiger partial charge is 0.252 e. The van der Waals surface area contributed by atoms with Gasteiger partial charge in [-0.3, -0.25) is 14.4 Å². The lowest BCUT2D eigenvalue weighted by molar-refractivity contribution is -0.119. The number of nitrogens with one attached hydrogen (secondary N) is 2. The Hall–Kier alpha value is -4.13. The summed E-state index contributed by atoms with van der Waals surface area (Å²) < 4.78 is 5.83. The van der Waals surface area contributed by atoms with E-state index in [0.29, 0.717) is 23.6 Å². The molecule has 32 heavy (non-hydrogen) atoms. The van der Waals surface area contributed by atoms with Gasteiger partial charge in [0, 0.05) is 24.6 Å². The Bertz CT molecular complexity index is 1100. The van der Waals surface area contributed by atoms with Crippen LogP contribution in [0.3, 0.4) is 0 Å². The van der Waals surface area contributed by atoms with E-state index in [1.54, 1.807) is 18.2 Å². The predicted molar refractivity (Wildman–Crippen MR) is 122 cm³/mol. The standard InChI is InChI=1S/C25H25N3O4/c1-17(29)27-21-11-6-10-20(15-21)25(31)28-23(24(26)30)14-19-9-5-12-22(13-19)32-16-18-7-3-2-4-8-18/h2-13,15,23H,14,16H2,1H3,(H2,26,30)(H,27,29)(H,28,31)/t23-/m1/s1. The van der Waals surface area contributed by atoms with Crippen LogP contribution in [-0.2, 0) is 22.6 Å². The van der Waals surface area contributed by atoms with Gasteiger partial charge in [-0.25, -0.2) is 0 Å². The minimum Gasteiger partial charge on any atom is -0.489 e. The van der Waals surface area contributed by atoms with Crippen molar-refractivity contribution >= 4 is 23.4 Å². The van der Waals surface area contributed by atoms with Crippen LogP contribution >= 0.6 is 0 Å². The number of rotatable bonds is 9. The first kappa shape index (κ1) is 22.6. The molecule has 0 saturated carbocycles. The molecule has 7 heteroatoms. The fourth-order valence-electron chi connectivity index (χ4n) is 3.14. The molecule has 164 valence electrons. The highest BCUT2D eigenvalue weighted by Gasteiger charge is 2.20. The molecular weight excluding hydrogens is 406 g/mol. The van der Waals surface area contributed by atoms with Crippen LogP contribution in [0.1, 0.15) is 28.4 Å². The van der Waals surface area contributed by atoms with Gasteiger partial charge in [0.1, 0.15) is 18.4 Å². The van der Waals surface area contributed by atoms with E-state index in [4.69, 9.17) is 10.5 Å². The molecule has 0 aliphatic rings. The predicted octanol–water partition coefficient (Wildman–Crippen LogP) is 3.05. The van der Waals surface area contributed by atoms with Crippen molar-refractivity contribution in [2.45, 2.75) is 26.0 Å². The number of primary amides is 1. The van der Waals surface area contributed by atoms with Gasteiger partial charge in [0.25, 0.3) is 5.91 Å². The number of carbonyl (C=O) groups excluding carboxylic acids is 3. The second kappa shape index (κ2) is 10.8. The van der Waals surface area contributed by atoms with Gasteiger partial charge in [0.2, 0.25) is 11.8 Å². The molecule has 3 aromatic rings. The molecule has 0 spiro atoms. The maximum Gasteiger partial charge on any atom is 0.252 e. The summed E-state index contributed by atoms with van der Waals surface area (Å²) in [5.74, 6) is -0.694. The second-order valence-electron chi connectivity index (χ2n) is 7.32. The Labute approximate surface area is 186 Å². The van der Waals surface area contributed by atoms with Crippen molar-refractivity contribution in [1.82, 2.24) is 5.32 Å². The van der Waals surface area contributed by atoms with Crippen molar-refractivity contribution in [3.63, 3.8) is 0 Å². The van der Waals surface area contributed by atoms with Gasteiger partial charge in [-0.1, -0.05) is 48.5 Å². The molecule has 0 heterocycles. The van der Waals surface area contributed by atoms with Crippen LogP contribution in [0.4, 0.5) is 5.69 Å². The Balaban J connectivity index is 1.66. The quantitative estimate of drug-likeness (QED) is 0.484. The molecule has 0 aliphatic carbocycles. The van der Waals surface area contributed by atoms with Crippen LogP contribution in [0.2, 0.25) is 0 Å². The third-order valence-corrected chi connectivity index (χ3v) is 4.68. The Morgan fingerprint density at radius 1 is 0.906 bits per heavy atom. The molecule has 0 radical (unpaired) electrons. The van der Waals surface area contributed by atoms with Crippen molar-refractivity contribution < 1.29 is 19.1 Å². The van der Waals surface area contributed by atoms with E-state index in [1.165, 1.54) is 13.0 Å². The number of anilines is 1. The number of hydrogen-bond acceptors (Lipinski definition) is 4. The van der Waals surface area contributed by atoms with E-state index in [9.17, 15) is 14.4 Å². The summed E-state index contributed by atoms with van der Waals surface area (Å²) in [6, 6.07) is 22.6. The first-order valence-electron chi connectivity index (χ1n) is 10.1. The summed E-state index contributed by atoms with van der Waals surface area (Å²) in [7, 11) is 0. The van der Waals surface area contributed by atoms with Gasteiger partial charge < -0.3 is 21.1 Å². The van der Waals surface area contributed by atoms with E-state index < -0.39 is 17.9 Å². The molecule has 3 rings (SSSR count). The molecule has 0 fully saturated rings. The van der Waals surface area contributed by atoms with Crippen LogP contribution in [0.5, 0.6) is 5.75 Å². The van der Waals surface area contributed by atoms with Gasteiger partial charge in [-0.05, 0) is 41.5 Å². The lowest BCUT2D eigenvalue weighted by Crippen LogP contribution is -2.45. The SMILES string of the molecule is CC(=O)Nc1cccc(C(=O)N[C@H](Cc2cccc(OCc3ccccc3)c2)C(N)=O)c1. The minimum atomic E-state index is -0.906. The zero-order valence-corrected chi connectivity index (χ0v) is 17.7. The number of nitrogens with two attached hydrogens (primary N) is 1. The van der Waals surface area contributed by atoms with Crippen LogP contribution < -0.4 is 21.1 Å². The first-order valence-corrected chi connectivity index (χ1v) is 10.1. The molecule has 0 aromatic heterocycles. The van der Waals surface area contributed by atoms with Crippen LogP contribution in [0.25, 0.3) is 0 Å². The molecule has 0 saturated heterocycles. The van der Waals surface area contributed by atoms with E-state index in [2.05, 4.69) is 10.6 Å². The fourth-order valence-corrected chi connectivity index (χ4v) is 3.14. The molecule has 0 aliphatic heterocycles. The summed E-state index contributed by atoms with van der Waals surface area (Å²) in [6.07, 6.45) is 0.217. The van der Waals surface area contributed by atoms with Crippen LogP contribution in [0.15, 0.2) is 78.9 Å². The second-order valence-corrected chi connectivity index (χ2v) is 7.32. The van der Waals surface area contributed by atoms with Crippen molar-refractivity contribution in [3.8, 4) is 5.75 Å². The number of hydrogen-bond donors (Lipinski definition) is 3. The Morgan fingerprint density at radius 3 is 2.34 bits per heavy atom. The molecule has 3 amide bonds. The highest BCUT2D eigenvalue weighted by Crippen LogP contribution is 2.17. The molecule has 0 unspecified atom stereocenters. The number of carbonyl (C=O) groups is 3. The summed E-state index contributed by atoms with van der Waals surface area (Å²) in [6.45, 7) is 1.80. The third kappa shape index (κ3) is 6.70. The van der Waals surface area contributed by atoms with Crippen molar-refractivity contribution in [3.05, 3.63) is 95.6 Å². The minimum absolute atomic E-state index is 0.217. The summed E-state index contributed by atoms with van der Waals surface area (Å²) >= 11 is 0. The number of amides is 3. The van der Waals surface area contributed by atoms with E-state index in [1.807, 2.05) is 54.6 Å². The summed E-state index contributed by atoms with van der Waals surface area (Å²) in [5.41, 5.74) is 8.18. The van der Waals surface area contributed by atoms with Crippen LogP contribution in [-0.4, -0.2) is 23.8 Å². The van der Waals surface area contributed by atoms with Gasteiger partial charge >= 0.3 is 0 Å². The molecule has 7 nitrogen and oxygen atoms in total. The average molecular weight is 431 g/mol. The van der Waals surface area contributed by atoms with Gasteiger partial charge in [-0.15, -0.1) is 0 Å². The lowest BCUT2D eigenvalue weighted by atomic mass is 10.0.